The molecule has 2 N–H and O–H groups in total. The van der Waals surface area contributed by atoms with Crippen LogP contribution >= 0.6 is 0 Å². The maximum atomic E-state index is 11.7. The number of urea groups is 1. The van der Waals surface area contributed by atoms with Crippen LogP contribution in [0.25, 0.3) is 0 Å². The minimum atomic E-state index is -0.568. The highest BCUT2D eigenvalue weighted by atomic mass is 16.5. The number of hydrogen-bond donors (Lipinski definition) is 2. The number of piperidine rings is 1. The van der Waals surface area contributed by atoms with Crippen LogP contribution in [0.5, 0.6) is 0 Å². The summed E-state index contributed by atoms with van der Waals surface area (Å²) in [4.78, 5) is 36.5. The maximum absolute atomic E-state index is 11.7. The highest BCUT2D eigenvalue weighted by Crippen LogP contribution is 2.17. The van der Waals surface area contributed by atoms with Gasteiger partial charge in [-0.25, -0.2) is 4.79 Å². The number of esters is 1. The molecule has 0 radical (unpaired) electrons. The Kier molecular flexibility index (Phi) is 6.72. The summed E-state index contributed by atoms with van der Waals surface area (Å²) in [6.07, 6.45) is 4.03. The van der Waals surface area contributed by atoms with Crippen molar-refractivity contribution in [2.75, 3.05) is 26.7 Å². The minimum absolute atomic E-state index is 0.00127. The van der Waals surface area contributed by atoms with Gasteiger partial charge in [-0.3, -0.25) is 19.8 Å². The Hall–Kier alpha value is -1.89. The van der Waals surface area contributed by atoms with E-state index in [-0.39, 0.29) is 19.1 Å². The molecule has 1 atom stereocenters. The van der Waals surface area contributed by atoms with Gasteiger partial charge in [-0.2, -0.15) is 0 Å². The molecule has 1 saturated heterocycles. The zero-order valence-electron chi connectivity index (χ0n) is 11.7. The van der Waals surface area contributed by atoms with Crippen molar-refractivity contribution in [3.8, 4) is 0 Å². The number of rotatable bonds is 5. The molecule has 7 heteroatoms. The molecule has 1 rings (SSSR count). The molecule has 0 unspecified atom stereocenters. The Balaban J connectivity index is 2.47. The van der Waals surface area contributed by atoms with Crippen molar-refractivity contribution in [1.82, 2.24) is 15.5 Å². The summed E-state index contributed by atoms with van der Waals surface area (Å²) < 4.78 is 4.73. The normalized spacial score (nSPS) is 18.9. The van der Waals surface area contributed by atoms with Gasteiger partial charge in [-0.15, -0.1) is 6.58 Å². The summed E-state index contributed by atoms with van der Waals surface area (Å²) >= 11 is 0. The van der Waals surface area contributed by atoms with Crippen molar-refractivity contribution in [2.45, 2.75) is 25.3 Å². The number of amides is 3. The average molecular weight is 283 g/mol. The predicted octanol–water partition coefficient (Wildman–Crippen LogP) is 0.0257. The first-order valence-electron chi connectivity index (χ1n) is 6.59. The molecule has 0 aliphatic carbocycles. The van der Waals surface area contributed by atoms with Crippen LogP contribution in [0.2, 0.25) is 0 Å². The van der Waals surface area contributed by atoms with Gasteiger partial charge in [0.25, 0.3) is 0 Å². The van der Waals surface area contributed by atoms with E-state index in [2.05, 4.69) is 17.2 Å². The first-order valence-corrected chi connectivity index (χ1v) is 6.59. The standard InChI is InChI=1S/C13H21N3O4/c1-3-7-14-13(19)15-11(17)9-16-8-5-4-6-10(16)12(18)20-2/h3,10H,1,4-9H2,2H3,(H2,14,15,17,19)/t10-/m1/s1. The van der Waals surface area contributed by atoms with Crippen LogP contribution in [0.15, 0.2) is 12.7 Å². The number of nitrogens with zero attached hydrogens (tertiary/aromatic N) is 1. The molecule has 7 nitrogen and oxygen atoms in total. The number of likely N-dealkylation sites (tertiary alicyclic amines) is 1. The number of carbonyl (C=O) groups is 3. The van der Waals surface area contributed by atoms with Gasteiger partial charge in [0, 0.05) is 6.54 Å². The predicted molar refractivity (Wildman–Crippen MR) is 73.0 cm³/mol. The van der Waals surface area contributed by atoms with E-state index < -0.39 is 18.0 Å². The van der Waals surface area contributed by atoms with E-state index in [0.29, 0.717) is 13.0 Å². The smallest absolute Gasteiger partial charge is 0.323 e. The van der Waals surface area contributed by atoms with Crippen molar-refractivity contribution in [3.05, 3.63) is 12.7 Å². The summed E-state index contributed by atoms with van der Waals surface area (Å²) in [7, 11) is 1.33. The van der Waals surface area contributed by atoms with Gasteiger partial charge in [0.2, 0.25) is 5.91 Å². The molecule has 20 heavy (non-hydrogen) atoms. The summed E-state index contributed by atoms with van der Waals surface area (Å²) in [5, 5.41) is 4.66. The number of hydrogen-bond acceptors (Lipinski definition) is 5. The molecule has 1 aliphatic heterocycles. The van der Waals surface area contributed by atoms with Crippen molar-refractivity contribution < 1.29 is 19.1 Å². The van der Waals surface area contributed by atoms with Crippen molar-refractivity contribution in [1.29, 1.82) is 0 Å². The second kappa shape index (κ2) is 8.31. The molecule has 0 spiro atoms. The third kappa shape index (κ3) is 5.00. The molecule has 3 amide bonds. The van der Waals surface area contributed by atoms with Crippen molar-refractivity contribution in [3.63, 3.8) is 0 Å². The Labute approximate surface area is 118 Å². The highest BCUT2D eigenvalue weighted by molar-refractivity contribution is 5.95. The lowest BCUT2D eigenvalue weighted by Gasteiger charge is -2.32. The third-order valence-electron chi connectivity index (χ3n) is 3.09. The fraction of sp³-hybridized carbons (Fsp3) is 0.615. The molecule has 112 valence electrons. The molecule has 1 fully saturated rings. The molecule has 0 aromatic heterocycles. The van der Waals surface area contributed by atoms with Crippen LogP contribution in [0, 0.1) is 0 Å². The second-order valence-electron chi connectivity index (χ2n) is 4.55. The average Bonchev–Trinajstić information content (AvgIpc) is 2.44. The van der Waals surface area contributed by atoms with Gasteiger partial charge in [0.15, 0.2) is 0 Å². The highest BCUT2D eigenvalue weighted by Gasteiger charge is 2.30. The Morgan fingerprint density at radius 1 is 1.40 bits per heavy atom. The number of imide groups is 1. The SMILES string of the molecule is C=CCNC(=O)NC(=O)CN1CCCC[C@@H]1C(=O)OC. The molecular formula is C13H21N3O4. The second-order valence-corrected chi connectivity index (χ2v) is 4.55. The van der Waals surface area contributed by atoms with Crippen LogP contribution in [-0.4, -0.2) is 55.6 Å². The molecule has 0 bridgehead atoms. The van der Waals surface area contributed by atoms with E-state index in [1.165, 1.54) is 13.2 Å². The van der Waals surface area contributed by atoms with Crippen LogP contribution in [0.1, 0.15) is 19.3 Å². The molecule has 0 aromatic carbocycles. The van der Waals surface area contributed by atoms with E-state index in [1.807, 2.05) is 0 Å². The number of nitrogens with one attached hydrogen (secondary N) is 2. The quantitative estimate of drug-likeness (QED) is 0.549. The van der Waals surface area contributed by atoms with Crippen LogP contribution in [0.4, 0.5) is 4.79 Å². The van der Waals surface area contributed by atoms with Gasteiger partial charge in [0.1, 0.15) is 6.04 Å². The van der Waals surface area contributed by atoms with E-state index in [4.69, 9.17) is 4.74 Å². The topological polar surface area (TPSA) is 87.7 Å². The lowest BCUT2D eigenvalue weighted by Crippen LogP contribution is -2.51. The third-order valence-corrected chi connectivity index (χ3v) is 3.09. The molecule has 1 heterocycles. The molecule has 0 aromatic rings. The van der Waals surface area contributed by atoms with Crippen molar-refractivity contribution in [2.24, 2.45) is 0 Å². The van der Waals surface area contributed by atoms with E-state index in [9.17, 15) is 14.4 Å². The minimum Gasteiger partial charge on any atom is -0.468 e. The summed E-state index contributed by atoms with van der Waals surface area (Å²) in [5.74, 6) is -0.782. The van der Waals surface area contributed by atoms with Gasteiger partial charge < -0.3 is 10.1 Å². The summed E-state index contributed by atoms with van der Waals surface area (Å²) in [5.41, 5.74) is 0. The van der Waals surface area contributed by atoms with Crippen LogP contribution in [0.3, 0.4) is 0 Å². The molecule has 1 aliphatic rings. The Bertz CT molecular complexity index is 384. The fourth-order valence-corrected chi connectivity index (χ4v) is 2.14. The van der Waals surface area contributed by atoms with Crippen LogP contribution in [-0.2, 0) is 14.3 Å². The number of methoxy groups -OCH3 is 1. The monoisotopic (exact) mass is 283 g/mol. The zero-order valence-corrected chi connectivity index (χ0v) is 11.7. The largest absolute Gasteiger partial charge is 0.468 e. The zero-order chi connectivity index (χ0) is 15.0. The van der Waals surface area contributed by atoms with Gasteiger partial charge in [0.05, 0.1) is 13.7 Å². The van der Waals surface area contributed by atoms with E-state index in [1.54, 1.807) is 4.90 Å². The number of carbonyl (C=O) groups excluding carboxylic acids is 3. The first kappa shape index (κ1) is 16.2. The maximum Gasteiger partial charge on any atom is 0.323 e. The van der Waals surface area contributed by atoms with E-state index >= 15 is 0 Å². The Morgan fingerprint density at radius 2 is 2.15 bits per heavy atom. The van der Waals surface area contributed by atoms with Gasteiger partial charge in [-0.05, 0) is 19.4 Å². The van der Waals surface area contributed by atoms with Gasteiger partial charge >= 0.3 is 12.0 Å². The lowest BCUT2D eigenvalue weighted by atomic mass is 10.0. The van der Waals surface area contributed by atoms with E-state index in [0.717, 1.165) is 12.8 Å². The van der Waals surface area contributed by atoms with Crippen LogP contribution < -0.4 is 10.6 Å². The summed E-state index contributed by atoms with van der Waals surface area (Å²) in [6, 6.07) is -0.975. The van der Waals surface area contributed by atoms with Crippen molar-refractivity contribution >= 4 is 17.9 Å². The first-order chi connectivity index (χ1) is 9.58. The molecule has 0 saturated carbocycles. The lowest BCUT2D eigenvalue weighted by molar-refractivity contribution is -0.148. The number of ether oxygens (including phenoxy) is 1. The summed E-state index contributed by atoms with van der Waals surface area (Å²) in [6.45, 7) is 4.38. The Morgan fingerprint density at radius 3 is 2.80 bits per heavy atom. The van der Waals surface area contributed by atoms with Gasteiger partial charge in [-0.1, -0.05) is 12.5 Å². The fourth-order valence-electron chi connectivity index (χ4n) is 2.14. The molecular weight excluding hydrogens is 262 g/mol.